The van der Waals surface area contributed by atoms with Gasteiger partial charge in [-0.25, -0.2) is 8.42 Å². The van der Waals surface area contributed by atoms with Crippen LogP contribution in [0, 0.1) is 0 Å². The largest absolute Gasteiger partial charge is 0.496 e. The molecule has 5 nitrogen and oxygen atoms in total. The molecule has 2 aromatic rings. The number of carbonyl (C=O) groups excluding carboxylic acids is 1. The summed E-state index contributed by atoms with van der Waals surface area (Å²) >= 11 is 5.91. The van der Waals surface area contributed by atoms with Crippen molar-refractivity contribution in [3.05, 3.63) is 59.1 Å². The molecule has 2 aromatic carbocycles. The lowest BCUT2D eigenvalue weighted by Crippen LogP contribution is -2.18. The van der Waals surface area contributed by atoms with Crippen LogP contribution in [-0.2, 0) is 20.4 Å². The number of benzene rings is 2. The summed E-state index contributed by atoms with van der Waals surface area (Å²) in [7, 11) is -2.01. The Kier molecular flexibility index (Phi) is 6.23. The summed E-state index contributed by atoms with van der Waals surface area (Å²) in [5, 5.41) is 3.09. The second-order valence-corrected chi connectivity index (χ2v) is 7.83. The van der Waals surface area contributed by atoms with Crippen LogP contribution in [0.1, 0.15) is 12.0 Å². The summed E-state index contributed by atoms with van der Waals surface area (Å²) < 4.78 is 29.7. The summed E-state index contributed by atoms with van der Waals surface area (Å²) in [5.41, 5.74) is 1.12. The zero-order valence-corrected chi connectivity index (χ0v) is 14.7. The lowest BCUT2D eigenvalue weighted by Gasteiger charge is -2.10. The predicted molar refractivity (Wildman–Crippen MR) is 95.2 cm³/mol. The molecule has 0 aliphatic rings. The number of hydrogen-bond acceptors (Lipinski definition) is 4. The zero-order chi connectivity index (χ0) is 17.6. The van der Waals surface area contributed by atoms with E-state index in [9.17, 15) is 13.2 Å². The number of halogens is 1. The predicted octanol–water partition coefficient (Wildman–Crippen LogP) is 3.29. The van der Waals surface area contributed by atoms with Crippen molar-refractivity contribution in [1.82, 2.24) is 0 Å². The normalized spacial score (nSPS) is 11.1. The maximum absolute atomic E-state index is 12.3. The van der Waals surface area contributed by atoms with Crippen molar-refractivity contribution in [1.29, 1.82) is 0 Å². The number of anilines is 1. The number of carbonyl (C=O) groups is 1. The van der Waals surface area contributed by atoms with Crippen LogP contribution in [-0.4, -0.2) is 27.2 Å². The standard InChI is InChI=1S/C17H18ClNO4S/c1-23-16-8-7-14(18)11-13(16)12-24(21,22)10-9-17(20)19-15-5-3-2-4-6-15/h2-8,11H,9-10,12H2,1H3,(H,19,20). The van der Waals surface area contributed by atoms with Gasteiger partial charge in [-0.05, 0) is 30.3 Å². The smallest absolute Gasteiger partial charge is 0.225 e. The highest BCUT2D eigenvalue weighted by molar-refractivity contribution is 7.90. The number of methoxy groups -OCH3 is 1. The molecule has 7 heteroatoms. The summed E-state index contributed by atoms with van der Waals surface area (Å²) in [6, 6.07) is 13.7. The molecular weight excluding hydrogens is 350 g/mol. The molecule has 0 atom stereocenters. The number of ether oxygens (including phenoxy) is 1. The maximum atomic E-state index is 12.3. The molecule has 2 rings (SSSR count). The average molecular weight is 368 g/mol. The molecule has 0 heterocycles. The topological polar surface area (TPSA) is 72.5 Å². The van der Waals surface area contributed by atoms with Crippen LogP contribution in [0.25, 0.3) is 0 Å². The van der Waals surface area contributed by atoms with Gasteiger partial charge >= 0.3 is 0 Å². The monoisotopic (exact) mass is 367 g/mol. The van der Waals surface area contributed by atoms with Crippen molar-refractivity contribution >= 4 is 33.0 Å². The van der Waals surface area contributed by atoms with Gasteiger partial charge in [-0.2, -0.15) is 0 Å². The van der Waals surface area contributed by atoms with Crippen molar-refractivity contribution in [3.8, 4) is 5.75 Å². The van der Waals surface area contributed by atoms with Gasteiger partial charge in [-0.3, -0.25) is 4.79 Å². The van der Waals surface area contributed by atoms with Gasteiger partial charge in [0.25, 0.3) is 0 Å². The van der Waals surface area contributed by atoms with E-state index in [1.165, 1.54) is 7.11 Å². The molecule has 0 unspecified atom stereocenters. The van der Waals surface area contributed by atoms with E-state index < -0.39 is 9.84 Å². The van der Waals surface area contributed by atoms with Crippen molar-refractivity contribution in [2.75, 3.05) is 18.2 Å². The minimum absolute atomic E-state index is 0.111. The van der Waals surface area contributed by atoms with Crippen LogP contribution in [0.15, 0.2) is 48.5 Å². The molecule has 128 valence electrons. The van der Waals surface area contributed by atoms with Crippen molar-refractivity contribution < 1.29 is 17.9 Å². The number of amides is 1. The van der Waals surface area contributed by atoms with Gasteiger partial charge in [0.2, 0.25) is 5.91 Å². The summed E-state index contributed by atoms with van der Waals surface area (Å²) in [6.07, 6.45) is -0.111. The van der Waals surface area contributed by atoms with Crippen molar-refractivity contribution in [3.63, 3.8) is 0 Å². The lowest BCUT2D eigenvalue weighted by atomic mass is 10.2. The van der Waals surface area contributed by atoms with E-state index in [1.807, 2.05) is 6.07 Å². The Balaban J connectivity index is 1.96. The Labute approximate surface area is 146 Å². The fourth-order valence-electron chi connectivity index (χ4n) is 2.16. The Bertz CT molecular complexity index is 807. The van der Waals surface area contributed by atoms with E-state index in [-0.39, 0.29) is 23.8 Å². The van der Waals surface area contributed by atoms with Gasteiger partial charge in [0.15, 0.2) is 9.84 Å². The maximum Gasteiger partial charge on any atom is 0.225 e. The number of nitrogens with one attached hydrogen (secondary N) is 1. The van der Waals surface area contributed by atoms with E-state index in [0.29, 0.717) is 22.0 Å². The van der Waals surface area contributed by atoms with Gasteiger partial charge in [0.1, 0.15) is 5.75 Å². The lowest BCUT2D eigenvalue weighted by molar-refractivity contribution is -0.115. The van der Waals surface area contributed by atoms with Crippen molar-refractivity contribution in [2.45, 2.75) is 12.2 Å². The van der Waals surface area contributed by atoms with Gasteiger partial charge in [-0.1, -0.05) is 29.8 Å². The molecule has 0 spiro atoms. The van der Waals surface area contributed by atoms with Gasteiger partial charge in [0, 0.05) is 22.7 Å². The Morgan fingerprint density at radius 3 is 2.54 bits per heavy atom. The molecule has 0 radical (unpaired) electrons. The first-order valence-corrected chi connectivity index (χ1v) is 9.47. The number of sulfone groups is 1. The van der Waals surface area contributed by atoms with Crippen molar-refractivity contribution in [2.24, 2.45) is 0 Å². The molecule has 24 heavy (non-hydrogen) atoms. The number of para-hydroxylation sites is 1. The van der Waals surface area contributed by atoms with Crippen LogP contribution in [0.4, 0.5) is 5.69 Å². The van der Waals surface area contributed by atoms with E-state index in [0.717, 1.165) is 0 Å². The molecule has 0 aliphatic carbocycles. The average Bonchev–Trinajstić information content (AvgIpc) is 2.54. The van der Waals surface area contributed by atoms with E-state index in [1.54, 1.807) is 42.5 Å². The molecule has 1 amide bonds. The van der Waals surface area contributed by atoms with Crippen LogP contribution in [0.2, 0.25) is 5.02 Å². The zero-order valence-electron chi connectivity index (χ0n) is 13.2. The summed E-state index contributed by atoms with van der Waals surface area (Å²) in [5.74, 6) is -0.365. The second kappa shape index (κ2) is 8.17. The van der Waals surface area contributed by atoms with Crippen LogP contribution >= 0.6 is 11.6 Å². The molecule has 0 aromatic heterocycles. The summed E-state index contributed by atoms with van der Waals surface area (Å²) in [4.78, 5) is 11.9. The molecule has 0 saturated heterocycles. The minimum atomic E-state index is -3.47. The molecule has 0 bridgehead atoms. The van der Waals surface area contributed by atoms with Gasteiger partial charge in [0.05, 0.1) is 18.6 Å². The van der Waals surface area contributed by atoms with E-state index in [4.69, 9.17) is 16.3 Å². The Morgan fingerprint density at radius 2 is 1.88 bits per heavy atom. The molecule has 1 N–H and O–H groups in total. The van der Waals surface area contributed by atoms with E-state index >= 15 is 0 Å². The molecule has 0 saturated carbocycles. The quantitative estimate of drug-likeness (QED) is 0.815. The van der Waals surface area contributed by atoms with E-state index in [2.05, 4.69) is 5.32 Å². The highest BCUT2D eigenvalue weighted by atomic mass is 35.5. The molecular formula is C17H18ClNO4S. The van der Waals surface area contributed by atoms with Crippen LogP contribution in [0.5, 0.6) is 5.75 Å². The van der Waals surface area contributed by atoms with Crippen LogP contribution in [0.3, 0.4) is 0 Å². The third-order valence-corrected chi connectivity index (χ3v) is 5.13. The third kappa shape index (κ3) is 5.54. The fraction of sp³-hybridized carbons (Fsp3) is 0.235. The Hall–Kier alpha value is -2.05. The second-order valence-electron chi connectivity index (χ2n) is 5.21. The first-order chi connectivity index (χ1) is 11.4. The minimum Gasteiger partial charge on any atom is -0.496 e. The van der Waals surface area contributed by atoms with Gasteiger partial charge in [-0.15, -0.1) is 0 Å². The number of hydrogen-bond donors (Lipinski definition) is 1. The van der Waals surface area contributed by atoms with Crippen LogP contribution < -0.4 is 10.1 Å². The number of rotatable bonds is 7. The highest BCUT2D eigenvalue weighted by Crippen LogP contribution is 2.25. The fourth-order valence-corrected chi connectivity index (χ4v) is 3.70. The third-order valence-electron chi connectivity index (χ3n) is 3.32. The Morgan fingerprint density at radius 1 is 1.17 bits per heavy atom. The SMILES string of the molecule is COc1ccc(Cl)cc1CS(=O)(=O)CCC(=O)Nc1ccccc1. The molecule has 0 aliphatic heterocycles. The first kappa shape index (κ1) is 18.3. The van der Waals surface area contributed by atoms with Gasteiger partial charge < -0.3 is 10.1 Å². The first-order valence-electron chi connectivity index (χ1n) is 7.27. The summed E-state index contributed by atoms with van der Waals surface area (Å²) in [6.45, 7) is 0. The highest BCUT2D eigenvalue weighted by Gasteiger charge is 2.17. The molecule has 0 fully saturated rings.